The first kappa shape index (κ1) is 20.3. The number of benzene rings is 2. The Bertz CT molecular complexity index is 835. The molecule has 2 aromatic rings. The van der Waals surface area contributed by atoms with Crippen molar-refractivity contribution in [2.24, 2.45) is 4.99 Å². The van der Waals surface area contributed by atoms with Gasteiger partial charge in [-0.15, -0.1) is 0 Å². The zero-order chi connectivity index (χ0) is 19.3. The van der Waals surface area contributed by atoms with Crippen molar-refractivity contribution in [3.8, 4) is 5.75 Å². The maximum atomic E-state index is 12.6. The maximum absolute atomic E-state index is 12.6. The Kier molecular flexibility index (Phi) is 7.06. The van der Waals surface area contributed by atoms with Gasteiger partial charge in [-0.1, -0.05) is 23.2 Å². The second kappa shape index (κ2) is 9.06. The van der Waals surface area contributed by atoms with Crippen LogP contribution in [0.2, 0.25) is 10.0 Å². The molecular formula is C20H22Cl2N2O2. The second-order valence-corrected chi connectivity index (χ2v) is 6.90. The molecule has 0 spiro atoms. The highest BCUT2D eigenvalue weighted by molar-refractivity contribution is 6.35. The van der Waals surface area contributed by atoms with Crippen LogP contribution in [0.5, 0.6) is 5.75 Å². The summed E-state index contributed by atoms with van der Waals surface area (Å²) in [5, 5.41) is 0.896. The number of aliphatic imine (C=N–C) groups is 1. The van der Waals surface area contributed by atoms with Gasteiger partial charge in [0.2, 0.25) is 0 Å². The predicted octanol–water partition coefficient (Wildman–Crippen LogP) is 5.48. The zero-order valence-corrected chi connectivity index (χ0v) is 16.9. The summed E-state index contributed by atoms with van der Waals surface area (Å²) < 4.78 is 5.55. The van der Waals surface area contributed by atoms with Gasteiger partial charge in [-0.25, -0.2) is 4.99 Å². The minimum absolute atomic E-state index is 0.0944. The van der Waals surface area contributed by atoms with Crippen LogP contribution in [-0.4, -0.2) is 37.2 Å². The Labute approximate surface area is 164 Å². The first-order valence-electron chi connectivity index (χ1n) is 8.28. The molecule has 0 aliphatic heterocycles. The quantitative estimate of drug-likeness (QED) is 0.355. The van der Waals surface area contributed by atoms with Crippen LogP contribution in [0.25, 0.3) is 0 Å². The summed E-state index contributed by atoms with van der Waals surface area (Å²) in [7, 11) is 1.96. The number of hydrogen-bond donors (Lipinski definition) is 0. The van der Waals surface area contributed by atoms with Crippen molar-refractivity contribution in [3.63, 3.8) is 0 Å². The summed E-state index contributed by atoms with van der Waals surface area (Å²) in [6.45, 7) is 6.67. The van der Waals surface area contributed by atoms with Crippen molar-refractivity contribution in [2.75, 3.05) is 20.2 Å². The molecule has 0 fully saturated rings. The van der Waals surface area contributed by atoms with E-state index in [1.165, 1.54) is 0 Å². The highest BCUT2D eigenvalue weighted by Crippen LogP contribution is 2.28. The number of ether oxygens (including phenoxy) is 1. The van der Waals surface area contributed by atoms with Gasteiger partial charge in [0.05, 0.1) is 17.0 Å². The van der Waals surface area contributed by atoms with Crippen LogP contribution in [0.15, 0.2) is 35.3 Å². The van der Waals surface area contributed by atoms with Gasteiger partial charge in [0.1, 0.15) is 5.75 Å². The molecule has 0 unspecified atom stereocenters. The number of nitrogens with zero attached hydrogens (tertiary/aromatic N) is 2. The van der Waals surface area contributed by atoms with Gasteiger partial charge in [0.15, 0.2) is 12.4 Å². The van der Waals surface area contributed by atoms with Crippen LogP contribution >= 0.6 is 23.2 Å². The Morgan fingerprint density at radius 3 is 2.58 bits per heavy atom. The van der Waals surface area contributed by atoms with Gasteiger partial charge in [0.25, 0.3) is 0 Å². The molecule has 0 radical (unpaired) electrons. The lowest BCUT2D eigenvalue weighted by Gasteiger charge is -2.12. The van der Waals surface area contributed by atoms with Crippen LogP contribution in [-0.2, 0) is 0 Å². The van der Waals surface area contributed by atoms with E-state index in [0.717, 1.165) is 23.4 Å². The van der Waals surface area contributed by atoms with E-state index in [-0.39, 0.29) is 12.4 Å². The first-order chi connectivity index (χ1) is 12.3. The number of carbonyl (C=O) groups is 1. The summed E-state index contributed by atoms with van der Waals surface area (Å²) in [4.78, 5) is 19.0. The van der Waals surface area contributed by atoms with Gasteiger partial charge >= 0.3 is 0 Å². The summed E-state index contributed by atoms with van der Waals surface area (Å²) in [6.07, 6.45) is 1.79. The molecule has 4 nitrogen and oxygen atoms in total. The summed E-state index contributed by atoms with van der Waals surface area (Å²) >= 11 is 11.9. The predicted molar refractivity (Wildman–Crippen MR) is 109 cm³/mol. The second-order valence-electron chi connectivity index (χ2n) is 6.06. The van der Waals surface area contributed by atoms with Crippen molar-refractivity contribution in [2.45, 2.75) is 20.8 Å². The fourth-order valence-electron chi connectivity index (χ4n) is 2.30. The minimum atomic E-state index is -0.113. The van der Waals surface area contributed by atoms with Crippen molar-refractivity contribution in [1.29, 1.82) is 0 Å². The summed E-state index contributed by atoms with van der Waals surface area (Å²) in [5.74, 6) is 0.320. The summed E-state index contributed by atoms with van der Waals surface area (Å²) in [6, 6.07) is 8.67. The van der Waals surface area contributed by atoms with Crippen molar-refractivity contribution >= 4 is 41.0 Å². The van der Waals surface area contributed by atoms with Crippen molar-refractivity contribution in [3.05, 3.63) is 57.1 Å². The van der Waals surface area contributed by atoms with Gasteiger partial charge in [-0.05, 0) is 62.2 Å². The molecule has 26 heavy (non-hydrogen) atoms. The molecule has 0 bridgehead atoms. The highest BCUT2D eigenvalue weighted by Gasteiger charge is 2.13. The average molecular weight is 393 g/mol. The van der Waals surface area contributed by atoms with E-state index < -0.39 is 0 Å². The topological polar surface area (TPSA) is 41.9 Å². The molecular weight excluding hydrogens is 371 g/mol. The van der Waals surface area contributed by atoms with E-state index in [1.807, 2.05) is 37.9 Å². The third kappa shape index (κ3) is 5.23. The van der Waals surface area contributed by atoms with Gasteiger partial charge in [-0.3, -0.25) is 4.79 Å². The highest BCUT2D eigenvalue weighted by atomic mass is 35.5. The maximum Gasteiger partial charge on any atom is 0.200 e. The van der Waals surface area contributed by atoms with E-state index in [4.69, 9.17) is 27.9 Å². The van der Waals surface area contributed by atoms with E-state index >= 15 is 0 Å². The fraction of sp³-hybridized carbons (Fsp3) is 0.300. The van der Waals surface area contributed by atoms with E-state index in [0.29, 0.717) is 21.4 Å². The zero-order valence-electron chi connectivity index (χ0n) is 15.3. The lowest BCUT2D eigenvalue weighted by Crippen LogP contribution is -2.14. The smallest absolute Gasteiger partial charge is 0.200 e. The molecule has 0 heterocycles. The van der Waals surface area contributed by atoms with E-state index in [9.17, 15) is 4.79 Å². The number of aryl methyl sites for hydroxylation is 2. The number of rotatable bonds is 7. The Morgan fingerprint density at radius 1 is 1.19 bits per heavy atom. The number of carbonyl (C=O) groups excluding carboxylic acids is 1. The monoisotopic (exact) mass is 392 g/mol. The Morgan fingerprint density at radius 2 is 1.92 bits per heavy atom. The molecule has 0 aliphatic rings. The largest absolute Gasteiger partial charge is 0.484 e. The van der Waals surface area contributed by atoms with Gasteiger partial charge < -0.3 is 9.64 Å². The average Bonchev–Trinajstić information content (AvgIpc) is 2.60. The van der Waals surface area contributed by atoms with E-state index in [1.54, 1.807) is 24.5 Å². The van der Waals surface area contributed by atoms with Crippen LogP contribution in [0, 0.1) is 13.8 Å². The van der Waals surface area contributed by atoms with E-state index in [2.05, 4.69) is 11.9 Å². The molecule has 0 amide bonds. The standard InChI is InChI=1S/C20H22Cl2N2O2/c1-5-24(4)12-23-18-9-13(2)16(8-14(18)3)19(25)11-26-20-7-6-15(21)10-17(20)22/h6-10,12H,5,11H2,1-4H3/b23-12-. The minimum Gasteiger partial charge on any atom is -0.484 e. The van der Waals surface area contributed by atoms with Crippen LogP contribution in [0.3, 0.4) is 0 Å². The lowest BCUT2D eigenvalue weighted by molar-refractivity contribution is 0.0921. The third-order valence-corrected chi connectivity index (χ3v) is 4.52. The SMILES string of the molecule is CCN(C)/C=N\c1cc(C)c(C(=O)COc2ccc(Cl)cc2Cl)cc1C. The molecule has 0 saturated carbocycles. The van der Waals surface area contributed by atoms with Crippen LogP contribution in [0.1, 0.15) is 28.4 Å². The molecule has 0 aromatic heterocycles. The van der Waals surface area contributed by atoms with Crippen molar-refractivity contribution in [1.82, 2.24) is 4.90 Å². The Balaban J connectivity index is 2.13. The number of Topliss-reactive ketones (excluding diaryl/α,β-unsaturated/α-hetero) is 1. The van der Waals surface area contributed by atoms with Crippen LogP contribution < -0.4 is 4.74 Å². The molecule has 2 rings (SSSR count). The number of halogens is 2. The number of hydrogen-bond acceptors (Lipinski definition) is 3. The molecule has 0 saturated heterocycles. The molecule has 0 atom stereocenters. The summed E-state index contributed by atoms with van der Waals surface area (Å²) in [5.41, 5.74) is 3.26. The molecule has 138 valence electrons. The van der Waals surface area contributed by atoms with Crippen molar-refractivity contribution < 1.29 is 9.53 Å². The molecule has 2 aromatic carbocycles. The molecule has 0 N–H and O–H groups in total. The third-order valence-electron chi connectivity index (χ3n) is 3.99. The normalized spacial score (nSPS) is 11.0. The van der Waals surface area contributed by atoms with Gasteiger partial charge in [-0.2, -0.15) is 0 Å². The first-order valence-corrected chi connectivity index (χ1v) is 9.04. The molecule has 0 aliphatic carbocycles. The Hall–Kier alpha value is -2.04. The fourth-order valence-corrected chi connectivity index (χ4v) is 2.76. The van der Waals surface area contributed by atoms with Crippen LogP contribution in [0.4, 0.5) is 5.69 Å². The van der Waals surface area contributed by atoms with Gasteiger partial charge in [0, 0.05) is 24.2 Å². The number of ketones is 1. The lowest BCUT2D eigenvalue weighted by atomic mass is 10.0. The molecule has 6 heteroatoms.